The van der Waals surface area contributed by atoms with Crippen LogP contribution in [0.5, 0.6) is 0 Å². The fourth-order valence-corrected chi connectivity index (χ4v) is 3.55. The monoisotopic (exact) mass is 302 g/mol. The number of fused-ring (bicyclic) bond motifs is 1. The van der Waals surface area contributed by atoms with Gasteiger partial charge in [0.05, 0.1) is 0 Å². The summed E-state index contributed by atoms with van der Waals surface area (Å²) in [5.74, 6) is 0.115. The number of aryl methyl sites for hydroxylation is 1. The second-order valence-corrected chi connectivity index (χ2v) is 6.15. The number of pyridine rings is 1. The van der Waals surface area contributed by atoms with Crippen molar-refractivity contribution in [1.29, 1.82) is 0 Å². The molecule has 1 aromatic heterocycles. The lowest BCUT2D eigenvalue weighted by molar-refractivity contribution is -0.117. The number of carbonyl (C=O) groups is 1. The van der Waals surface area contributed by atoms with E-state index in [1.54, 1.807) is 13.1 Å². The number of halogens is 1. The summed E-state index contributed by atoms with van der Waals surface area (Å²) in [7, 11) is 0. The first kappa shape index (κ1) is 14.3. The Morgan fingerprint density at radius 3 is 2.71 bits per heavy atom. The first-order valence-electron chi connectivity index (χ1n) is 7.42. The molecule has 1 aromatic carbocycles. The zero-order valence-electron chi connectivity index (χ0n) is 12.4. The van der Waals surface area contributed by atoms with Crippen molar-refractivity contribution in [3.8, 4) is 0 Å². The van der Waals surface area contributed by atoms with E-state index in [-0.39, 0.29) is 5.91 Å². The molecule has 1 saturated carbocycles. The fraction of sp³-hybridized carbons (Fsp3) is 0.412. The average Bonchev–Trinajstić information content (AvgIpc) is 2.94. The van der Waals surface area contributed by atoms with E-state index in [0.29, 0.717) is 11.2 Å². The van der Waals surface area contributed by atoms with Crippen LogP contribution in [0, 0.1) is 6.92 Å². The van der Waals surface area contributed by atoms with Crippen LogP contribution in [0.4, 0.5) is 5.69 Å². The topological polar surface area (TPSA) is 33.2 Å². The summed E-state index contributed by atoms with van der Waals surface area (Å²) >= 11 is 6.16. The number of amides is 1. The molecule has 4 heteroatoms. The van der Waals surface area contributed by atoms with Crippen molar-refractivity contribution in [3.05, 3.63) is 35.1 Å². The molecule has 3 rings (SSSR count). The quantitative estimate of drug-likeness (QED) is 0.766. The van der Waals surface area contributed by atoms with Gasteiger partial charge in [0.15, 0.2) is 0 Å². The smallest absolute Gasteiger partial charge is 0.224 e. The lowest BCUT2D eigenvalue weighted by Crippen LogP contribution is -2.37. The van der Waals surface area contributed by atoms with Crippen molar-refractivity contribution in [1.82, 2.24) is 4.98 Å². The van der Waals surface area contributed by atoms with E-state index in [4.69, 9.17) is 11.6 Å². The summed E-state index contributed by atoms with van der Waals surface area (Å²) in [6, 6.07) is 6.37. The highest BCUT2D eigenvalue weighted by Crippen LogP contribution is 2.34. The molecule has 110 valence electrons. The minimum Gasteiger partial charge on any atom is -0.309 e. The third-order valence-electron chi connectivity index (χ3n) is 4.32. The van der Waals surface area contributed by atoms with Gasteiger partial charge in [0.2, 0.25) is 5.91 Å². The van der Waals surface area contributed by atoms with Crippen LogP contribution in [-0.4, -0.2) is 16.9 Å². The van der Waals surface area contributed by atoms with Gasteiger partial charge in [-0.15, -0.1) is 0 Å². The number of aromatic nitrogens is 1. The molecule has 2 aromatic rings. The van der Waals surface area contributed by atoms with Crippen LogP contribution >= 0.6 is 11.6 Å². The summed E-state index contributed by atoms with van der Waals surface area (Å²) in [6.45, 7) is 3.68. The molecule has 0 atom stereocenters. The first-order chi connectivity index (χ1) is 10.1. The van der Waals surface area contributed by atoms with E-state index in [2.05, 4.69) is 11.1 Å². The third-order valence-corrected chi connectivity index (χ3v) is 4.62. The van der Waals surface area contributed by atoms with Crippen molar-refractivity contribution in [2.75, 3.05) is 4.90 Å². The molecule has 0 N–H and O–H groups in total. The van der Waals surface area contributed by atoms with E-state index in [1.807, 2.05) is 24.0 Å². The number of rotatable bonds is 2. The first-order valence-corrected chi connectivity index (χ1v) is 7.80. The molecule has 1 heterocycles. The predicted octanol–water partition coefficient (Wildman–Crippen LogP) is 4.49. The molecule has 21 heavy (non-hydrogen) atoms. The second-order valence-electron chi connectivity index (χ2n) is 5.79. The van der Waals surface area contributed by atoms with E-state index in [0.717, 1.165) is 34.9 Å². The van der Waals surface area contributed by atoms with Crippen molar-refractivity contribution in [2.45, 2.75) is 45.6 Å². The van der Waals surface area contributed by atoms with E-state index >= 15 is 0 Å². The molecule has 0 saturated heterocycles. The van der Waals surface area contributed by atoms with Gasteiger partial charge in [-0.05, 0) is 48.9 Å². The Hall–Kier alpha value is -1.61. The largest absolute Gasteiger partial charge is 0.309 e. The SMILES string of the molecule is CC(=O)N(c1cc2ccnc(Cl)c2cc1C)C1CCCC1. The number of hydrogen-bond donors (Lipinski definition) is 0. The Bertz CT molecular complexity index is 692. The van der Waals surface area contributed by atoms with Crippen molar-refractivity contribution >= 4 is 34.0 Å². The molecule has 1 aliphatic rings. The standard InChI is InChI=1S/C17H19ClN2O/c1-11-9-15-13(7-8-19-17(15)18)10-16(11)20(12(2)21)14-5-3-4-6-14/h7-10,14H,3-6H2,1-2H3. The molecule has 1 aliphatic carbocycles. The Morgan fingerprint density at radius 2 is 2.05 bits per heavy atom. The Labute approximate surface area is 129 Å². The highest BCUT2D eigenvalue weighted by Gasteiger charge is 2.27. The number of hydrogen-bond acceptors (Lipinski definition) is 2. The predicted molar refractivity (Wildman–Crippen MR) is 86.9 cm³/mol. The summed E-state index contributed by atoms with van der Waals surface area (Å²) in [5.41, 5.74) is 2.07. The van der Waals surface area contributed by atoms with Gasteiger partial charge in [-0.25, -0.2) is 4.98 Å². The van der Waals surface area contributed by atoms with Gasteiger partial charge in [0.1, 0.15) is 5.15 Å². The number of nitrogens with zero attached hydrogens (tertiary/aromatic N) is 2. The molecule has 0 radical (unpaired) electrons. The van der Waals surface area contributed by atoms with Crippen molar-refractivity contribution < 1.29 is 4.79 Å². The van der Waals surface area contributed by atoms with Gasteiger partial charge in [-0.3, -0.25) is 4.79 Å². The average molecular weight is 303 g/mol. The van der Waals surface area contributed by atoms with Crippen molar-refractivity contribution in [2.24, 2.45) is 0 Å². The molecule has 3 nitrogen and oxygen atoms in total. The van der Waals surface area contributed by atoms with Gasteiger partial charge in [0.25, 0.3) is 0 Å². The van der Waals surface area contributed by atoms with Crippen LogP contribution in [-0.2, 0) is 4.79 Å². The molecule has 1 fully saturated rings. The van der Waals surface area contributed by atoms with Crippen LogP contribution < -0.4 is 4.90 Å². The summed E-state index contributed by atoms with van der Waals surface area (Å²) < 4.78 is 0. The highest BCUT2D eigenvalue weighted by molar-refractivity contribution is 6.34. The lowest BCUT2D eigenvalue weighted by atomic mass is 10.0. The molecular formula is C17H19ClN2O. The van der Waals surface area contributed by atoms with Gasteiger partial charge in [0, 0.05) is 30.2 Å². The van der Waals surface area contributed by atoms with Gasteiger partial charge in [-0.1, -0.05) is 24.4 Å². The van der Waals surface area contributed by atoms with Crippen molar-refractivity contribution in [3.63, 3.8) is 0 Å². The zero-order valence-corrected chi connectivity index (χ0v) is 13.2. The maximum absolute atomic E-state index is 12.2. The molecular weight excluding hydrogens is 284 g/mol. The Kier molecular flexibility index (Phi) is 3.85. The van der Waals surface area contributed by atoms with Gasteiger partial charge >= 0.3 is 0 Å². The Morgan fingerprint density at radius 1 is 1.33 bits per heavy atom. The molecule has 0 bridgehead atoms. The number of benzene rings is 1. The lowest BCUT2D eigenvalue weighted by Gasteiger charge is -2.29. The molecule has 0 spiro atoms. The van der Waals surface area contributed by atoms with E-state index in [9.17, 15) is 4.79 Å². The minimum atomic E-state index is 0.115. The van der Waals surface area contributed by atoms with Crippen LogP contribution in [0.3, 0.4) is 0 Å². The molecule has 0 aliphatic heterocycles. The second kappa shape index (κ2) is 5.64. The molecule has 0 unspecified atom stereocenters. The number of anilines is 1. The van der Waals surface area contributed by atoms with E-state index in [1.165, 1.54) is 12.8 Å². The summed E-state index contributed by atoms with van der Waals surface area (Å²) in [6.07, 6.45) is 6.30. The number of carbonyl (C=O) groups excluding carboxylic acids is 1. The normalized spacial score (nSPS) is 15.6. The fourth-order valence-electron chi connectivity index (χ4n) is 3.33. The zero-order chi connectivity index (χ0) is 15.0. The van der Waals surface area contributed by atoms with Crippen LogP contribution in [0.1, 0.15) is 38.2 Å². The van der Waals surface area contributed by atoms with Crippen LogP contribution in [0.25, 0.3) is 10.8 Å². The summed E-state index contributed by atoms with van der Waals surface area (Å²) in [4.78, 5) is 18.3. The Balaban J connectivity index is 2.13. The van der Waals surface area contributed by atoms with Crippen LogP contribution in [0.15, 0.2) is 24.4 Å². The van der Waals surface area contributed by atoms with Crippen LogP contribution in [0.2, 0.25) is 5.15 Å². The van der Waals surface area contributed by atoms with E-state index < -0.39 is 0 Å². The highest BCUT2D eigenvalue weighted by atomic mass is 35.5. The maximum atomic E-state index is 12.2. The summed E-state index contributed by atoms with van der Waals surface area (Å²) in [5, 5.41) is 2.48. The minimum absolute atomic E-state index is 0.115. The van der Waals surface area contributed by atoms with Gasteiger partial charge in [-0.2, -0.15) is 0 Å². The molecule has 1 amide bonds. The third kappa shape index (κ3) is 2.62. The van der Waals surface area contributed by atoms with Gasteiger partial charge < -0.3 is 4.90 Å². The maximum Gasteiger partial charge on any atom is 0.224 e.